The second kappa shape index (κ2) is 8.47. The van der Waals surface area contributed by atoms with Crippen LogP contribution in [0.4, 0.5) is 10.5 Å². The van der Waals surface area contributed by atoms with Gasteiger partial charge in [-0.3, -0.25) is 24.6 Å². The largest absolute Gasteiger partial charge is 0.457 e. The molecule has 1 saturated heterocycles. The molecule has 30 heavy (non-hydrogen) atoms. The van der Waals surface area contributed by atoms with Crippen molar-refractivity contribution in [2.24, 2.45) is 5.92 Å². The lowest BCUT2D eigenvalue weighted by Gasteiger charge is -2.25. The second-order valence-electron chi connectivity index (χ2n) is 7.76. The zero-order valence-electron chi connectivity index (χ0n) is 16.6. The van der Waals surface area contributed by atoms with Gasteiger partial charge in [0.05, 0.1) is 9.83 Å². The summed E-state index contributed by atoms with van der Waals surface area (Å²) in [6, 6.07) is 8.29. The Morgan fingerprint density at radius 3 is 2.70 bits per heavy atom. The number of carbonyl (C=O) groups excluding carboxylic acids is 2. The average molecular weight is 426 g/mol. The summed E-state index contributed by atoms with van der Waals surface area (Å²) < 4.78 is 5.78. The van der Waals surface area contributed by atoms with Crippen LogP contribution in [0.1, 0.15) is 43.4 Å². The molecule has 1 aromatic heterocycles. The normalized spacial score (nSPS) is 19.1. The average Bonchev–Trinajstić information content (AvgIpc) is 3.29. The number of thioether (sulfide) groups is 1. The molecule has 7 nitrogen and oxygen atoms in total. The van der Waals surface area contributed by atoms with Crippen molar-refractivity contribution in [1.29, 1.82) is 0 Å². The number of hydrogen-bond acceptors (Lipinski definition) is 6. The molecule has 0 bridgehead atoms. The highest BCUT2D eigenvalue weighted by Gasteiger charge is 2.36. The Kier molecular flexibility index (Phi) is 5.76. The van der Waals surface area contributed by atoms with Gasteiger partial charge >= 0.3 is 0 Å². The van der Waals surface area contributed by atoms with E-state index in [1.54, 1.807) is 37.3 Å². The van der Waals surface area contributed by atoms with Gasteiger partial charge in [-0.15, -0.1) is 0 Å². The number of hydrogen-bond donors (Lipinski definition) is 0. The molecule has 1 saturated carbocycles. The maximum Gasteiger partial charge on any atom is 0.293 e. The molecule has 4 rings (SSSR count). The van der Waals surface area contributed by atoms with Gasteiger partial charge in [0.1, 0.15) is 11.5 Å². The van der Waals surface area contributed by atoms with Gasteiger partial charge in [-0.2, -0.15) is 0 Å². The molecule has 2 fully saturated rings. The number of furan rings is 1. The number of aryl methyl sites for hydroxylation is 1. The molecule has 0 spiro atoms. The van der Waals surface area contributed by atoms with Crippen LogP contribution in [0.3, 0.4) is 0 Å². The SMILES string of the molecule is Cc1ccc(-c2ccc(/C=C3/SC(=O)N(CC4CCCCC4)C3=O)o2)cc1[N+](=O)[O-]. The third-order valence-corrected chi connectivity index (χ3v) is 6.54. The number of nitro groups is 1. The fourth-order valence-corrected chi connectivity index (χ4v) is 4.79. The molecule has 1 aliphatic heterocycles. The highest BCUT2D eigenvalue weighted by atomic mass is 32.2. The predicted octanol–water partition coefficient (Wildman–Crippen LogP) is 5.78. The number of amides is 2. The highest BCUT2D eigenvalue weighted by Crippen LogP contribution is 2.36. The maximum atomic E-state index is 12.7. The lowest BCUT2D eigenvalue weighted by Crippen LogP contribution is -2.34. The summed E-state index contributed by atoms with van der Waals surface area (Å²) in [6.07, 6.45) is 7.23. The molecule has 0 radical (unpaired) electrons. The Balaban J connectivity index is 1.51. The Morgan fingerprint density at radius 2 is 1.97 bits per heavy atom. The minimum Gasteiger partial charge on any atom is -0.457 e. The van der Waals surface area contributed by atoms with E-state index in [1.165, 1.54) is 17.4 Å². The van der Waals surface area contributed by atoms with Crippen molar-refractivity contribution in [1.82, 2.24) is 4.90 Å². The Labute approximate surface area is 178 Å². The molecule has 2 aliphatic rings. The van der Waals surface area contributed by atoms with E-state index >= 15 is 0 Å². The molecule has 0 atom stereocenters. The van der Waals surface area contributed by atoms with E-state index in [4.69, 9.17) is 4.42 Å². The molecular formula is C22H22N2O5S. The quantitative estimate of drug-likeness (QED) is 0.342. The first-order valence-corrected chi connectivity index (χ1v) is 10.8. The van der Waals surface area contributed by atoms with E-state index in [-0.39, 0.29) is 16.8 Å². The second-order valence-corrected chi connectivity index (χ2v) is 8.75. The van der Waals surface area contributed by atoms with Gasteiger partial charge in [-0.1, -0.05) is 31.4 Å². The van der Waals surface area contributed by atoms with Crippen LogP contribution in [0, 0.1) is 23.0 Å². The molecule has 2 amide bonds. The molecule has 1 aliphatic carbocycles. The summed E-state index contributed by atoms with van der Waals surface area (Å²) in [5.74, 6) is 1.00. The monoisotopic (exact) mass is 426 g/mol. The van der Waals surface area contributed by atoms with E-state index in [2.05, 4.69) is 0 Å². The summed E-state index contributed by atoms with van der Waals surface area (Å²) in [5.41, 5.74) is 1.17. The van der Waals surface area contributed by atoms with Crippen LogP contribution in [0.5, 0.6) is 0 Å². The van der Waals surface area contributed by atoms with Crippen molar-refractivity contribution >= 4 is 34.7 Å². The first-order valence-electron chi connectivity index (χ1n) is 10.0. The number of carbonyl (C=O) groups is 2. The van der Waals surface area contributed by atoms with Crippen molar-refractivity contribution in [3.05, 3.63) is 56.7 Å². The number of nitro benzene ring substituents is 1. The van der Waals surface area contributed by atoms with Gasteiger partial charge in [0, 0.05) is 29.8 Å². The van der Waals surface area contributed by atoms with Gasteiger partial charge in [0.2, 0.25) is 0 Å². The zero-order chi connectivity index (χ0) is 21.3. The summed E-state index contributed by atoms with van der Waals surface area (Å²) >= 11 is 0.928. The topological polar surface area (TPSA) is 93.7 Å². The molecule has 156 valence electrons. The van der Waals surface area contributed by atoms with E-state index in [9.17, 15) is 19.7 Å². The third-order valence-electron chi connectivity index (χ3n) is 5.63. The molecule has 2 aromatic rings. The van der Waals surface area contributed by atoms with Crippen LogP contribution in [-0.4, -0.2) is 27.5 Å². The van der Waals surface area contributed by atoms with Crippen LogP contribution in [0.2, 0.25) is 0 Å². The third kappa shape index (κ3) is 4.18. The van der Waals surface area contributed by atoms with Crippen molar-refractivity contribution in [2.75, 3.05) is 6.54 Å². The molecule has 0 unspecified atom stereocenters. The van der Waals surface area contributed by atoms with E-state index in [0.717, 1.165) is 37.4 Å². The molecule has 1 aromatic carbocycles. The Hall–Kier alpha value is -2.87. The summed E-state index contributed by atoms with van der Waals surface area (Å²) in [4.78, 5) is 37.5. The number of benzene rings is 1. The van der Waals surface area contributed by atoms with Crippen LogP contribution in [-0.2, 0) is 4.79 Å². The minimum absolute atomic E-state index is 0.0225. The van der Waals surface area contributed by atoms with Crippen LogP contribution < -0.4 is 0 Å². The highest BCUT2D eigenvalue weighted by molar-refractivity contribution is 8.18. The fourth-order valence-electron chi connectivity index (χ4n) is 3.96. The summed E-state index contributed by atoms with van der Waals surface area (Å²) in [6.45, 7) is 2.16. The van der Waals surface area contributed by atoms with Crippen molar-refractivity contribution in [2.45, 2.75) is 39.0 Å². The first kappa shape index (κ1) is 20.4. The van der Waals surface area contributed by atoms with Gasteiger partial charge in [-0.05, 0) is 49.6 Å². The van der Waals surface area contributed by atoms with Gasteiger partial charge in [-0.25, -0.2) is 0 Å². The summed E-state index contributed by atoms with van der Waals surface area (Å²) in [7, 11) is 0. The molecule has 2 heterocycles. The van der Waals surface area contributed by atoms with Crippen molar-refractivity contribution in [3.63, 3.8) is 0 Å². The van der Waals surface area contributed by atoms with Gasteiger partial charge < -0.3 is 4.42 Å². The lowest BCUT2D eigenvalue weighted by atomic mass is 9.89. The molecular weight excluding hydrogens is 404 g/mol. The summed E-state index contributed by atoms with van der Waals surface area (Å²) in [5, 5.41) is 10.9. The lowest BCUT2D eigenvalue weighted by molar-refractivity contribution is -0.385. The Morgan fingerprint density at radius 1 is 1.20 bits per heavy atom. The minimum atomic E-state index is -0.426. The van der Waals surface area contributed by atoms with Crippen molar-refractivity contribution < 1.29 is 18.9 Å². The van der Waals surface area contributed by atoms with Crippen LogP contribution in [0.15, 0.2) is 39.7 Å². The Bertz CT molecular complexity index is 1040. The van der Waals surface area contributed by atoms with E-state index in [1.807, 2.05) is 0 Å². The number of rotatable bonds is 5. The van der Waals surface area contributed by atoms with E-state index < -0.39 is 4.92 Å². The molecule has 8 heteroatoms. The number of imide groups is 1. The van der Waals surface area contributed by atoms with E-state index in [0.29, 0.717) is 40.0 Å². The first-order chi connectivity index (χ1) is 14.4. The number of nitrogens with zero attached hydrogens (tertiary/aromatic N) is 2. The zero-order valence-corrected chi connectivity index (χ0v) is 17.4. The van der Waals surface area contributed by atoms with Gasteiger partial charge in [0.15, 0.2) is 0 Å². The molecule has 0 N–H and O–H groups in total. The van der Waals surface area contributed by atoms with Crippen LogP contribution in [0.25, 0.3) is 17.4 Å². The van der Waals surface area contributed by atoms with Crippen molar-refractivity contribution in [3.8, 4) is 11.3 Å². The fraction of sp³-hybridized carbons (Fsp3) is 0.364. The maximum absolute atomic E-state index is 12.7. The van der Waals surface area contributed by atoms with Crippen LogP contribution >= 0.6 is 11.8 Å². The predicted molar refractivity (Wildman–Crippen MR) is 115 cm³/mol. The smallest absolute Gasteiger partial charge is 0.293 e. The standard InChI is InChI=1S/C22H22N2O5S/c1-14-7-8-16(11-18(14)24(27)28)19-10-9-17(29-19)12-20-21(25)23(22(26)30-20)13-15-5-3-2-4-6-15/h7-12,15H,2-6,13H2,1H3/b20-12+. The van der Waals surface area contributed by atoms with Gasteiger partial charge in [0.25, 0.3) is 16.8 Å².